The molecular formula is C21H21ClF2N2O2. The van der Waals surface area contributed by atoms with Crippen molar-refractivity contribution < 1.29 is 35.3 Å². The lowest BCUT2D eigenvalue weighted by Crippen LogP contribution is -3.10. The summed E-state index contributed by atoms with van der Waals surface area (Å²) in [5, 5.41) is 3.04. The Bertz CT molecular complexity index is 1020. The Balaban J connectivity index is 0.00000225. The zero-order valence-corrected chi connectivity index (χ0v) is 16.4. The summed E-state index contributed by atoms with van der Waals surface area (Å²) < 4.78 is 34.1. The summed E-state index contributed by atoms with van der Waals surface area (Å²) in [6.45, 7) is 0. The molecule has 0 bridgehead atoms. The maximum absolute atomic E-state index is 15.2. The van der Waals surface area contributed by atoms with Crippen LogP contribution in [0.1, 0.15) is 28.1 Å². The SMILES string of the molecule is C[NH+](C)C1CCc2oc3ccc(NC(=O)c4ccc(F)cc4)c(F)c3c2C1.[Cl-]. The number of carbonyl (C=O) groups is 1. The quantitative estimate of drug-likeness (QED) is 0.641. The summed E-state index contributed by atoms with van der Waals surface area (Å²) in [5.74, 6) is -0.561. The number of aryl methyl sites for hydroxylation is 1. The first-order chi connectivity index (χ1) is 12.9. The second kappa shape index (κ2) is 7.89. The van der Waals surface area contributed by atoms with Gasteiger partial charge in [-0.05, 0) is 36.4 Å². The minimum Gasteiger partial charge on any atom is -1.00 e. The Hall–Kier alpha value is -2.44. The Morgan fingerprint density at radius 3 is 2.54 bits per heavy atom. The monoisotopic (exact) mass is 406 g/mol. The molecule has 0 fully saturated rings. The van der Waals surface area contributed by atoms with E-state index in [1.165, 1.54) is 35.2 Å². The van der Waals surface area contributed by atoms with Crippen molar-refractivity contribution in [2.24, 2.45) is 0 Å². The minimum absolute atomic E-state index is 0. The maximum atomic E-state index is 15.2. The van der Waals surface area contributed by atoms with Crippen LogP contribution in [0.15, 0.2) is 40.8 Å². The van der Waals surface area contributed by atoms with Crippen LogP contribution in [-0.4, -0.2) is 26.0 Å². The van der Waals surface area contributed by atoms with Gasteiger partial charge in [0.15, 0.2) is 5.82 Å². The number of furan rings is 1. The molecule has 0 saturated heterocycles. The second-order valence-corrected chi connectivity index (χ2v) is 7.28. The summed E-state index contributed by atoms with van der Waals surface area (Å²) in [6, 6.07) is 8.73. The van der Waals surface area contributed by atoms with Crippen LogP contribution in [-0.2, 0) is 12.8 Å². The summed E-state index contributed by atoms with van der Waals surface area (Å²) in [4.78, 5) is 13.7. The van der Waals surface area contributed by atoms with Crippen molar-refractivity contribution in [3.8, 4) is 0 Å². The van der Waals surface area contributed by atoms with Crippen molar-refractivity contribution in [3.63, 3.8) is 0 Å². The fourth-order valence-electron chi connectivity index (χ4n) is 3.72. The molecule has 4 nitrogen and oxygen atoms in total. The summed E-state index contributed by atoms with van der Waals surface area (Å²) in [7, 11) is 4.20. The van der Waals surface area contributed by atoms with E-state index < -0.39 is 17.5 Å². The average Bonchev–Trinajstić information content (AvgIpc) is 3.02. The maximum Gasteiger partial charge on any atom is 0.255 e. The van der Waals surface area contributed by atoms with Crippen molar-refractivity contribution in [1.29, 1.82) is 0 Å². The Labute approximate surface area is 167 Å². The van der Waals surface area contributed by atoms with Gasteiger partial charge in [0, 0.05) is 30.4 Å². The second-order valence-electron chi connectivity index (χ2n) is 7.28. The van der Waals surface area contributed by atoms with Crippen LogP contribution < -0.4 is 22.6 Å². The van der Waals surface area contributed by atoms with Crippen molar-refractivity contribution in [2.45, 2.75) is 25.3 Å². The number of benzene rings is 2. The predicted octanol–water partition coefficient (Wildman–Crippen LogP) is -0.0309. The summed E-state index contributed by atoms with van der Waals surface area (Å²) in [5.41, 5.74) is 1.77. The van der Waals surface area contributed by atoms with Gasteiger partial charge in [-0.2, -0.15) is 0 Å². The van der Waals surface area contributed by atoms with E-state index in [2.05, 4.69) is 19.4 Å². The lowest BCUT2D eigenvalue weighted by molar-refractivity contribution is -0.886. The van der Waals surface area contributed by atoms with E-state index in [1.807, 2.05) is 0 Å². The van der Waals surface area contributed by atoms with E-state index in [0.717, 1.165) is 30.6 Å². The highest BCUT2D eigenvalue weighted by Gasteiger charge is 2.29. The predicted molar refractivity (Wildman–Crippen MR) is 99.1 cm³/mol. The number of fused-ring (bicyclic) bond motifs is 3. The molecule has 0 radical (unpaired) electrons. The van der Waals surface area contributed by atoms with Crippen LogP contribution >= 0.6 is 0 Å². The number of amides is 1. The molecule has 1 unspecified atom stereocenters. The number of hydrogen-bond acceptors (Lipinski definition) is 2. The number of rotatable bonds is 3. The number of quaternary nitrogens is 1. The highest BCUT2D eigenvalue weighted by Crippen LogP contribution is 2.35. The molecule has 28 heavy (non-hydrogen) atoms. The molecule has 0 spiro atoms. The molecule has 148 valence electrons. The van der Waals surface area contributed by atoms with Crippen molar-refractivity contribution in [1.82, 2.24) is 0 Å². The lowest BCUT2D eigenvalue weighted by Gasteiger charge is -2.24. The molecule has 1 aromatic heterocycles. The molecule has 7 heteroatoms. The van der Waals surface area contributed by atoms with Gasteiger partial charge < -0.3 is 27.0 Å². The van der Waals surface area contributed by atoms with Crippen LogP contribution in [0, 0.1) is 11.6 Å². The first-order valence-corrected chi connectivity index (χ1v) is 9.03. The highest BCUT2D eigenvalue weighted by atomic mass is 35.5. The first kappa shape index (κ1) is 20.3. The van der Waals surface area contributed by atoms with E-state index in [4.69, 9.17) is 4.42 Å². The van der Waals surface area contributed by atoms with Crippen LogP contribution in [0.5, 0.6) is 0 Å². The topological polar surface area (TPSA) is 46.7 Å². The van der Waals surface area contributed by atoms with E-state index in [9.17, 15) is 9.18 Å². The van der Waals surface area contributed by atoms with E-state index in [0.29, 0.717) is 17.0 Å². The van der Waals surface area contributed by atoms with Gasteiger partial charge in [0.2, 0.25) is 0 Å². The van der Waals surface area contributed by atoms with Crippen LogP contribution in [0.2, 0.25) is 0 Å². The number of likely N-dealkylation sites (N-methyl/N-ethyl adjacent to an activating group) is 1. The van der Waals surface area contributed by atoms with Gasteiger partial charge in [0.1, 0.15) is 17.2 Å². The molecule has 1 amide bonds. The number of hydrogen-bond donors (Lipinski definition) is 2. The average molecular weight is 407 g/mol. The molecule has 1 aliphatic rings. The Kier molecular flexibility index (Phi) is 5.72. The van der Waals surface area contributed by atoms with E-state index >= 15 is 4.39 Å². The third-order valence-electron chi connectivity index (χ3n) is 5.32. The molecule has 1 heterocycles. The smallest absolute Gasteiger partial charge is 0.255 e. The van der Waals surface area contributed by atoms with E-state index in [1.54, 1.807) is 6.07 Å². The van der Waals surface area contributed by atoms with Gasteiger partial charge in [-0.1, -0.05) is 0 Å². The number of anilines is 1. The van der Waals surface area contributed by atoms with Crippen LogP contribution in [0.3, 0.4) is 0 Å². The van der Waals surface area contributed by atoms with Crippen molar-refractivity contribution in [3.05, 3.63) is 64.9 Å². The van der Waals surface area contributed by atoms with Crippen LogP contribution in [0.4, 0.5) is 14.5 Å². The Morgan fingerprint density at radius 2 is 1.86 bits per heavy atom. The van der Waals surface area contributed by atoms with Gasteiger partial charge in [-0.3, -0.25) is 4.79 Å². The molecule has 3 aromatic rings. The van der Waals surface area contributed by atoms with Crippen LogP contribution in [0.25, 0.3) is 11.0 Å². The Morgan fingerprint density at radius 1 is 1.14 bits per heavy atom. The fraction of sp³-hybridized carbons (Fsp3) is 0.286. The number of nitrogens with one attached hydrogen (secondary N) is 2. The number of carbonyl (C=O) groups excluding carboxylic acids is 1. The van der Waals surface area contributed by atoms with E-state index in [-0.39, 0.29) is 23.7 Å². The third-order valence-corrected chi connectivity index (χ3v) is 5.32. The highest BCUT2D eigenvalue weighted by molar-refractivity contribution is 6.05. The molecule has 2 aromatic carbocycles. The molecule has 0 saturated carbocycles. The molecule has 4 rings (SSSR count). The zero-order chi connectivity index (χ0) is 19.1. The number of halogens is 3. The first-order valence-electron chi connectivity index (χ1n) is 9.03. The summed E-state index contributed by atoms with van der Waals surface area (Å²) >= 11 is 0. The summed E-state index contributed by atoms with van der Waals surface area (Å²) in [6.07, 6.45) is 2.54. The van der Waals surface area contributed by atoms with Gasteiger partial charge in [-0.25, -0.2) is 8.78 Å². The van der Waals surface area contributed by atoms with Gasteiger partial charge in [0.05, 0.1) is 31.2 Å². The normalized spacial score (nSPS) is 16.0. The van der Waals surface area contributed by atoms with Crippen molar-refractivity contribution >= 4 is 22.6 Å². The molecule has 2 N–H and O–H groups in total. The van der Waals surface area contributed by atoms with Gasteiger partial charge >= 0.3 is 0 Å². The fourth-order valence-corrected chi connectivity index (χ4v) is 3.72. The van der Waals surface area contributed by atoms with Gasteiger partial charge in [0.25, 0.3) is 5.91 Å². The van der Waals surface area contributed by atoms with Crippen molar-refractivity contribution in [2.75, 3.05) is 19.4 Å². The lowest BCUT2D eigenvalue weighted by atomic mass is 9.91. The standard InChI is InChI=1S/C21H20F2N2O2.ClH/c1-25(2)14-7-9-17-15(11-14)19-18(27-17)10-8-16(20(19)23)24-21(26)12-3-5-13(22)6-4-12;/h3-6,8,10,14H,7,9,11H2,1-2H3,(H,24,26);1H. The largest absolute Gasteiger partial charge is 1.00 e. The molecule has 0 aliphatic heterocycles. The third kappa shape index (κ3) is 3.62. The molecular weight excluding hydrogens is 386 g/mol. The molecule has 1 atom stereocenters. The molecule has 1 aliphatic carbocycles. The van der Waals surface area contributed by atoms with Gasteiger partial charge in [-0.15, -0.1) is 0 Å². The zero-order valence-electron chi connectivity index (χ0n) is 15.6. The minimum atomic E-state index is -0.485.